The second-order valence-electron chi connectivity index (χ2n) is 6.36. The molecule has 2 aromatic heterocycles. The summed E-state index contributed by atoms with van der Waals surface area (Å²) in [7, 11) is 0. The molecule has 1 saturated heterocycles. The topological polar surface area (TPSA) is 67.3 Å². The number of hydrogen-bond donors (Lipinski definition) is 2. The van der Waals surface area contributed by atoms with E-state index in [2.05, 4.69) is 22.6 Å². The first-order valence-electron chi connectivity index (χ1n) is 8.56. The van der Waals surface area contributed by atoms with Crippen molar-refractivity contribution in [3.8, 4) is 11.3 Å². The molecule has 3 heterocycles. The molecule has 0 spiro atoms. The second-order valence-corrected chi connectivity index (χ2v) is 7.30. The van der Waals surface area contributed by atoms with E-state index in [1.807, 2.05) is 12.1 Å². The molecule has 24 heavy (non-hydrogen) atoms. The summed E-state index contributed by atoms with van der Waals surface area (Å²) >= 11 is 1.71. The minimum absolute atomic E-state index is 0.0880. The van der Waals surface area contributed by atoms with E-state index >= 15 is 0 Å². The van der Waals surface area contributed by atoms with Crippen LogP contribution in [0.5, 0.6) is 0 Å². The second kappa shape index (κ2) is 8.16. The number of hydrogen-bond acceptors (Lipinski definition) is 6. The average molecular weight is 347 g/mol. The Balaban J connectivity index is 1.43. The van der Waals surface area contributed by atoms with Gasteiger partial charge >= 0.3 is 0 Å². The van der Waals surface area contributed by atoms with Gasteiger partial charge in [-0.3, -0.25) is 4.98 Å². The number of pyridine rings is 1. The molecule has 1 aliphatic rings. The lowest BCUT2D eigenvalue weighted by Gasteiger charge is -2.37. The van der Waals surface area contributed by atoms with Gasteiger partial charge in [-0.1, -0.05) is 0 Å². The van der Waals surface area contributed by atoms with Crippen molar-refractivity contribution in [2.75, 3.05) is 19.8 Å². The number of thiazole rings is 1. The molecule has 5 nitrogen and oxygen atoms in total. The van der Waals surface area contributed by atoms with E-state index in [0.717, 1.165) is 35.7 Å². The highest BCUT2D eigenvalue weighted by molar-refractivity contribution is 7.09. The highest BCUT2D eigenvalue weighted by Gasteiger charge is 2.35. The molecule has 1 aliphatic heterocycles. The van der Waals surface area contributed by atoms with E-state index in [-0.39, 0.29) is 6.04 Å². The van der Waals surface area contributed by atoms with Gasteiger partial charge in [0.25, 0.3) is 0 Å². The van der Waals surface area contributed by atoms with Gasteiger partial charge < -0.3 is 15.2 Å². The summed E-state index contributed by atoms with van der Waals surface area (Å²) in [5.41, 5.74) is 1.50. The highest BCUT2D eigenvalue weighted by Crippen LogP contribution is 2.24. The Labute approximate surface area is 147 Å². The number of nitrogens with one attached hydrogen (secondary N) is 1. The lowest BCUT2D eigenvalue weighted by atomic mass is 9.87. The Bertz CT molecular complexity index is 626. The van der Waals surface area contributed by atoms with Crippen LogP contribution in [0.3, 0.4) is 0 Å². The highest BCUT2D eigenvalue weighted by atomic mass is 32.1. The summed E-state index contributed by atoms with van der Waals surface area (Å²) in [4.78, 5) is 8.74. The first-order valence-corrected chi connectivity index (χ1v) is 9.44. The van der Waals surface area contributed by atoms with Crippen LogP contribution in [0.2, 0.25) is 0 Å². The molecular weight excluding hydrogens is 322 g/mol. The number of nitrogens with zero attached hydrogens (tertiary/aromatic N) is 2. The van der Waals surface area contributed by atoms with Crippen LogP contribution in [0.1, 0.15) is 31.2 Å². The molecule has 0 bridgehead atoms. The van der Waals surface area contributed by atoms with E-state index in [9.17, 15) is 5.11 Å². The number of ether oxygens (including phenoxy) is 1. The Kier molecular flexibility index (Phi) is 5.94. The van der Waals surface area contributed by atoms with E-state index in [1.54, 1.807) is 23.7 Å². The summed E-state index contributed by atoms with van der Waals surface area (Å²) < 4.78 is 5.34. The smallest absolute Gasteiger partial charge is 0.0933 e. The summed E-state index contributed by atoms with van der Waals surface area (Å²) in [6.07, 6.45) is 6.98. The van der Waals surface area contributed by atoms with Gasteiger partial charge in [-0.2, -0.15) is 0 Å². The molecule has 1 unspecified atom stereocenters. The fraction of sp³-hybridized carbons (Fsp3) is 0.556. The predicted octanol–water partition coefficient (Wildman–Crippen LogP) is 2.66. The summed E-state index contributed by atoms with van der Waals surface area (Å²) in [6, 6.07) is 4.05. The van der Waals surface area contributed by atoms with Crippen molar-refractivity contribution in [3.05, 3.63) is 34.9 Å². The largest absolute Gasteiger partial charge is 0.388 e. The van der Waals surface area contributed by atoms with Crippen molar-refractivity contribution < 1.29 is 9.84 Å². The average Bonchev–Trinajstić information content (AvgIpc) is 3.09. The zero-order valence-electron chi connectivity index (χ0n) is 14.1. The third kappa shape index (κ3) is 4.39. The molecule has 1 fully saturated rings. The number of aryl methyl sites for hydroxylation is 1. The quantitative estimate of drug-likeness (QED) is 0.754. The van der Waals surface area contributed by atoms with Crippen LogP contribution in [0.25, 0.3) is 11.3 Å². The third-order valence-electron chi connectivity index (χ3n) is 4.71. The summed E-state index contributed by atoms with van der Waals surface area (Å²) in [6.45, 7) is 4.25. The Hall–Kier alpha value is -1.34. The van der Waals surface area contributed by atoms with Crippen molar-refractivity contribution >= 4 is 11.3 Å². The zero-order chi connectivity index (χ0) is 16.8. The SMILES string of the molecule is CC(NCCCc1nc(-c2ccncc2)cs1)C1(O)CCOCC1. The molecule has 130 valence electrons. The molecule has 0 radical (unpaired) electrons. The Morgan fingerprint density at radius 1 is 1.33 bits per heavy atom. The summed E-state index contributed by atoms with van der Waals surface area (Å²) in [5.74, 6) is 0. The molecule has 2 N–H and O–H groups in total. The molecule has 0 aliphatic carbocycles. The van der Waals surface area contributed by atoms with Crippen LogP contribution >= 0.6 is 11.3 Å². The van der Waals surface area contributed by atoms with Crippen molar-refractivity contribution in [1.29, 1.82) is 0 Å². The lowest BCUT2D eigenvalue weighted by Crippen LogP contribution is -2.52. The van der Waals surface area contributed by atoms with Crippen LogP contribution in [0, 0.1) is 0 Å². The monoisotopic (exact) mass is 347 g/mol. The number of aliphatic hydroxyl groups is 1. The van der Waals surface area contributed by atoms with Crippen molar-refractivity contribution in [1.82, 2.24) is 15.3 Å². The van der Waals surface area contributed by atoms with E-state index < -0.39 is 5.60 Å². The van der Waals surface area contributed by atoms with Crippen molar-refractivity contribution in [2.24, 2.45) is 0 Å². The van der Waals surface area contributed by atoms with Gasteiger partial charge in [-0.15, -0.1) is 11.3 Å². The maximum Gasteiger partial charge on any atom is 0.0933 e. The van der Waals surface area contributed by atoms with Crippen LogP contribution in [-0.2, 0) is 11.2 Å². The predicted molar refractivity (Wildman–Crippen MR) is 96.1 cm³/mol. The Morgan fingerprint density at radius 3 is 2.83 bits per heavy atom. The van der Waals surface area contributed by atoms with Crippen LogP contribution in [-0.4, -0.2) is 46.5 Å². The molecule has 0 aromatic carbocycles. The van der Waals surface area contributed by atoms with Gasteiger partial charge in [-0.05, 0) is 32.0 Å². The molecule has 0 amide bonds. The van der Waals surface area contributed by atoms with Gasteiger partial charge in [0.05, 0.1) is 16.3 Å². The van der Waals surface area contributed by atoms with E-state index in [0.29, 0.717) is 26.1 Å². The zero-order valence-corrected chi connectivity index (χ0v) is 14.9. The maximum absolute atomic E-state index is 10.6. The van der Waals surface area contributed by atoms with Gasteiger partial charge in [0.15, 0.2) is 0 Å². The molecule has 0 saturated carbocycles. The Morgan fingerprint density at radius 2 is 2.08 bits per heavy atom. The fourth-order valence-corrected chi connectivity index (χ4v) is 3.84. The van der Waals surface area contributed by atoms with E-state index in [1.165, 1.54) is 0 Å². The molecule has 6 heteroatoms. The number of rotatable bonds is 7. The van der Waals surface area contributed by atoms with Crippen molar-refractivity contribution in [3.63, 3.8) is 0 Å². The molecule has 1 atom stereocenters. The minimum Gasteiger partial charge on any atom is -0.388 e. The third-order valence-corrected chi connectivity index (χ3v) is 5.62. The maximum atomic E-state index is 10.6. The summed E-state index contributed by atoms with van der Waals surface area (Å²) in [5, 5.41) is 17.3. The van der Waals surface area contributed by atoms with Crippen LogP contribution in [0.4, 0.5) is 0 Å². The lowest BCUT2D eigenvalue weighted by molar-refractivity contribution is -0.0815. The van der Waals surface area contributed by atoms with Gasteiger partial charge in [-0.25, -0.2) is 4.98 Å². The fourth-order valence-electron chi connectivity index (χ4n) is 2.99. The van der Waals surface area contributed by atoms with Crippen molar-refractivity contribution in [2.45, 2.75) is 44.2 Å². The standard InChI is InChI=1S/C18H25N3O2S/c1-14(18(22)6-11-23-12-7-18)20-8-2-3-17-21-16(13-24-17)15-4-9-19-10-5-15/h4-5,9-10,13-14,20,22H,2-3,6-8,11-12H2,1H3. The minimum atomic E-state index is -0.631. The number of aromatic nitrogens is 2. The molecule has 2 aromatic rings. The molecular formula is C18H25N3O2S. The first-order chi connectivity index (χ1) is 11.7. The van der Waals surface area contributed by atoms with Gasteiger partial charge in [0.1, 0.15) is 0 Å². The van der Waals surface area contributed by atoms with Crippen LogP contribution < -0.4 is 5.32 Å². The molecule has 3 rings (SSSR count). The van der Waals surface area contributed by atoms with Gasteiger partial charge in [0.2, 0.25) is 0 Å². The normalized spacial score (nSPS) is 18.4. The van der Waals surface area contributed by atoms with Crippen LogP contribution in [0.15, 0.2) is 29.9 Å². The van der Waals surface area contributed by atoms with E-state index in [4.69, 9.17) is 9.72 Å². The van der Waals surface area contributed by atoms with Gasteiger partial charge in [0, 0.05) is 61.9 Å². The first kappa shape index (κ1) is 17.5.